The lowest BCUT2D eigenvalue weighted by atomic mass is 9.82. The minimum atomic E-state index is -0.296. The maximum absolute atomic E-state index is 13.1. The third-order valence-corrected chi connectivity index (χ3v) is 3.49. The summed E-state index contributed by atoms with van der Waals surface area (Å²) in [5, 5.41) is 12.1. The van der Waals surface area contributed by atoms with E-state index in [1.54, 1.807) is 17.0 Å². The topological polar surface area (TPSA) is 52.6 Å². The van der Waals surface area contributed by atoms with Gasteiger partial charge >= 0.3 is 6.03 Å². The van der Waals surface area contributed by atoms with Crippen LogP contribution in [-0.4, -0.2) is 35.7 Å². The largest absolute Gasteiger partial charge is 0.395 e. The van der Waals surface area contributed by atoms with Crippen molar-refractivity contribution in [2.75, 3.05) is 19.7 Å². The number of carbonyl (C=O) groups excluding carboxylic acids is 1. The van der Waals surface area contributed by atoms with Gasteiger partial charge in [-0.1, -0.05) is 39.8 Å². The first kappa shape index (κ1) is 18.4. The van der Waals surface area contributed by atoms with Gasteiger partial charge in [-0.3, -0.25) is 0 Å². The number of urea groups is 1. The van der Waals surface area contributed by atoms with E-state index in [1.165, 1.54) is 12.1 Å². The number of aliphatic hydroxyl groups excluding tert-OH is 1. The average molecular weight is 310 g/mol. The highest BCUT2D eigenvalue weighted by molar-refractivity contribution is 5.74. The molecule has 0 aromatic heterocycles. The molecule has 2 amide bonds. The van der Waals surface area contributed by atoms with Gasteiger partial charge in [0.2, 0.25) is 0 Å². The Morgan fingerprint density at radius 1 is 1.27 bits per heavy atom. The Morgan fingerprint density at radius 3 is 2.32 bits per heavy atom. The molecule has 0 radical (unpaired) electrons. The molecule has 0 bridgehead atoms. The van der Waals surface area contributed by atoms with Crippen molar-refractivity contribution < 1.29 is 14.3 Å². The molecule has 0 saturated heterocycles. The molecule has 1 unspecified atom stereocenters. The zero-order chi connectivity index (χ0) is 16.8. The lowest BCUT2D eigenvalue weighted by Gasteiger charge is -2.34. The van der Waals surface area contributed by atoms with Crippen LogP contribution in [0.2, 0.25) is 0 Å². The van der Waals surface area contributed by atoms with Crippen molar-refractivity contribution in [3.05, 3.63) is 35.6 Å². The highest BCUT2D eigenvalue weighted by Crippen LogP contribution is 2.33. The van der Waals surface area contributed by atoms with Crippen LogP contribution in [0.4, 0.5) is 9.18 Å². The predicted molar refractivity (Wildman–Crippen MR) is 86.1 cm³/mol. The second-order valence-electron chi connectivity index (χ2n) is 6.51. The molecular weight excluding hydrogens is 283 g/mol. The Hall–Kier alpha value is -1.62. The molecule has 0 spiro atoms. The van der Waals surface area contributed by atoms with Crippen LogP contribution in [-0.2, 0) is 0 Å². The molecule has 0 aliphatic rings. The highest BCUT2D eigenvalue weighted by atomic mass is 19.1. The normalized spacial score (nSPS) is 12.8. The number of aliphatic hydroxyl groups is 1. The number of nitrogens with zero attached hydrogens (tertiary/aromatic N) is 1. The lowest BCUT2D eigenvalue weighted by Crippen LogP contribution is -2.46. The number of nitrogens with one attached hydrogen (secondary N) is 1. The van der Waals surface area contributed by atoms with Crippen LogP contribution in [0, 0.1) is 11.2 Å². The standard InChI is InChI=1S/C17H27FN2O2/c1-5-10-20(11-12-21)16(22)19-15(17(2,3)4)13-6-8-14(18)9-7-13/h6-9,15,21H,5,10-12H2,1-4H3,(H,19,22). The summed E-state index contributed by atoms with van der Waals surface area (Å²) in [6.07, 6.45) is 0.824. The van der Waals surface area contributed by atoms with Gasteiger partial charge in [0.05, 0.1) is 12.6 Å². The van der Waals surface area contributed by atoms with Crippen molar-refractivity contribution in [2.24, 2.45) is 5.41 Å². The number of halogens is 1. The molecule has 0 aliphatic carbocycles. The Kier molecular flexibility index (Phi) is 6.81. The summed E-state index contributed by atoms with van der Waals surface area (Å²) in [5.41, 5.74) is 0.646. The summed E-state index contributed by atoms with van der Waals surface area (Å²) in [4.78, 5) is 14.0. The minimum Gasteiger partial charge on any atom is -0.395 e. The molecule has 1 atom stereocenters. The number of amides is 2. The summed E-state index contributed by atoms with van der Waals surface area (Å²) in [5.74, 6) is -0.296. The zero-order valence-corrected chi connectivity index (χ0v) is 13.9. The fraction of sp³-hybridized carbons (Fsp3) is 0.588. The Bertz CT molecular complexity index is 463. The van der Waals surface area contributed by atoms with Gasteiger partial charge in [-0.25, -0.2) is 9.18 Å². The van der Waals surface area contributed by atoms with E-state index < -0.39 is 0 Å². The van der Waals surface area contributed by atoms with Gasteiger partial charge in [0.15, 0.2) is 0 Å². The monoisotopic (exact) mass is 310 g/mol. The van der Waals surface area contributed by atoms with E-state index in [2.05, 4.69) is 5.32 Å². The van der Waals surface area contributed by atoms with Crippen molar-refractivity contribution in [3.63, 3.8) is 0 Å². The quantitative estimate of drug-likeness (QED) is 0.847. The van der Waals surface area contributed by atoms with Gasteiger partial charge in [0.1, 0.15) is 5.82 Å². The Balaban J connectivity index is 2.94. The summed E-state index contributed by atoms with van der Waals surface area (Å²) in [7, 11) is 0. The van der Waals surface area contributed by atoms with E-state index in [0.29, 0.717) is 13.1 Å². The summed E-state index contributed by atoms with van der Waals surface area (Å²) >= 11 is 0. The summed E-state index contributed by atoms with van der Waals surface area (Å²) < 4.78 is 13.1. The summed E-state index contributed by atoms with van der Waals surface area (Å²) in [6.45, 7) is 8.89. The number of rotatable bonds is 6. The first-order chi connectivity index (χ1) is 10.3. The van der Waals surface area contributed by atoms with Gasteiger partial charge in [0, 0.05) is 13.1 Å². The second kappa shape index (κ2) is 8.13. The number of hydrogen-bond donors (Lipinski definition) is 2. The number of carbonyl (C=O) groups is 1. The van der Waals surface area contributed by atoms with E-state index in [0.717, 1.165) is 12.0 Å². The van der Waals surface area contributed by atoms with Gasteiger partial charge in [0.25, 0.3) is 0 Å². The minimum absolute atomic E-state index is 0.0653. The average Bonchev–Trinajstić information content (AvgIpc) is 2.44. The molecule has 0 saturated carbocycles. The van der Waals surface area contributed by atoms with Crippen LogP contribution in [0.15, 0.2) is 24.3 Å². The second-order valence-corrected chi connectivity index (χ2v) is 6.51. The molecule has 0 heterocycles. The lowest BCUT2D eigenvalue weighted by molar-refractivity contribution is 0.164. The zero-order valence-electron chi connectivity index (χ0n) is 13.9. The van der Waals surface area contributed by atoms with E-state index >= 15 is 0 Å². The van der Waals surface area contributed by atoms with Crippen LogP contribution in [0.25, 0.3) is 0 Å². The fourth-order valence-corrected chi connectivity index (χ4v) is 2.38. The molecule has 1 aromatic rings. The molecular formula is C17H27FN2O2. The molecule has 0 fully saturated rings. The Labute approximate surface area is 132 Å². The van der Waals surface area contributed by atoms with Crippen LogP contribution in [0.1, 0.15) is 45.7 Å². The molecule has 4 nitrogen and oxygen atoms in total. The van der Waals surface area contributed by atoms with E-state index in [-0.39, 0.29) is 29.9 Å². The Morgan fingerprint density at radius 2 is 1.86 bits per heavy atom. The van der Waals surface area contributed by atoms with Crippen LogP contribution in [0.3, 0.4) is 0 Å². The third kappa shape index (κ3) is 5.30. The maximum Gasteiger partial charge on any atom is 0.317 e. The van der Waals surface area contributed by atoms with Crippen LogP contribution >= 0.6 is 0 Å². The van der Waals surface area contributed by atoms with Crippen LogP contribution in [0.5, 0.6) is 0 Å². The van der Waals surface area contributed by atoms with Gasteiger partial charge < -0.3 is 15.3 Å². The van der Waals surface area contributed by atoms with Gasteiger partial charge in [-0.05, 0) is 29.5 Å². The van der Waals surface area contributed by atoms with Crippen molar-refractivity contribution >= 4 is 6.03 Å². The van der Waals surface area contributed by atoms with Gasteiger partial charge in [-0.15, -0.1) is 0 Å². The van der Waals surface area contributed by atoms with E-state index in [4.69, 9.17) is 5.11 Å². The molecule has 22 heavy (non-hydrogen) atoms. The van der Waals surface area contributed by atoms with E-state index in [1.807, 2.05) is 27.7 Å². The SMILES string of the molecule is CCCN(CCO)C(=O)NC(c1ccc(F)cc1)C(C)(C)C. The molecule has 124 valence electrons. The van der Waals surface area contributed by atoms with Crippen molar-refractivity contribution in [3.8, 4) is 0 Å². The maximum atomic E-state index is 13.1. The third-order valence-electron chi connectivity index (χ3n) is 3.49. The van der Waals surface area contributed by atoms with Crippen molar-refractivity contribution in [1.29, 1.82) is 0 Å². The van der Waals surface area contributed by atoms with Crippen molar-refractivity contribution in [1.82, 2.24) is 10.2 Å². The first-order valence-corrected chi connectivity index (χ1v) is 7.71. The van der Waals surface area contributed by atoms with Crippen molar-refractivity contribution in [2.45, 2.75) is 40.2 Å². The first-order valence-electron chi connectivity index (χ1n) is 7.71. The molecule has 1 aromatic carbocycles. The summed E-state index contributed by atoms with van der Waals surface area (Å²) in [6, 6.07) is 5.75. The number of hydrogen-bond acceptors (Lipinski definition) is 2. The fourth-order valence-electron chi connectivity index (χ4n) is 2.38. The predicted octanol–water partition coefficient (Wildman–Crippen LogP) is 3.33. The van der Waals surface area contributed by atoms with Gasteiger partial charge in [-0.2, -0.15) is 0 Å². The van der Waals surface area contributed by atoms with E-state index in [9.17, 15) is 9.18 Å². The number of benzene rings is 1. The smallest absolute Gasteiger partial charge is 0.317 e. The molecule has 2 N–H and O–H groups in total. The molecule has 0 aliphatic heterocycles. The molecule has 1 rings (SSSR count). The molecule has 5 heteroatoms. The van der Waals surface area contributed by atoms with Crippen LogP contribution < -0.4 is 5.32 Å². The highest BCUT2D eigenvalue weighted by Gasteiger charge is 2.29.